The number of nitro groups is 1. The Kier molecular flexibility index (Phi) is 4.32. The van der Waals surface area contributed by atoms with Gasteiger partial charge < -0.3 is 10.6 Å². The summed E-state index contributed by atoms with van der Waals surface area (Å²) < 4.78 is 13.2. The summed E-state index contributed by atoms with van der Waals surface area (Å²) in [7, 11) is 0. The summed E-state index contributed by atoms with van der Waals surface area (Å²) in [6.07, 6.45) is 0. The maximum atomic E-state index is 13.2. The molecule has 110 valence electrons. The van der Waals surface area contributed by atoms with E-state index in [1.807, 2.05) is 6.92 Å². The molecule has 0 aliphatic heterocycles. The standard InChI is InChI=1S/C14H15FN4O2/c1-3-16-13-7-6-12(19(20)21)14(18-13)17-10-4-5-11(15)9(2)8-10/h4-8H,3H2,1-2H3,(H2,16,17,18). The summed E-state index contributed by atoms with van der Waals surface area (Å²) in [6.45, 7) is 4.18. The number of rotatable bonds is 5. The zero-order valence-corrected chi connectivity index (χ0v) is 11.7. The Bertz CT molecular complexity index is 676. The summed E-state index contributed by atoms with van der Waals surface area (Å²) in [6, 6.07) is 7.30. The van der Waals surface area contributed by atoms with Crippen molar-refractivity contribution in [1.82, 2.24) is 4.98 Å². The normalized spacial score (nSPS) is 10.2. The number of aryl methyl sites for hydroxylation is 1. The Labute approximate surface area is 121 Å². The maximum absolute atomic E-state index is 13.2. The van der Waals surface area contributed by atoms with Gasteiger partial charge in [0, 0.05) is 18.3 Å². The molecule has 7 heteroatoms. The SMILES string of the molecule is CCNc1ccc([N+](=O)[O-])c(Nc2ccc(F)c(C)c2)n1. The van der Waals surface area contributed by atoms with Crippen LogP contribution in [0.5, 0.6) is 0 Å². The summed E-state index contributed by atoms with van der Waals surface area (Å²) in [4.78, 5) is 14.7. The van der Waals surface area contributed by atoms with E-state index in [0.717, 1.165) is 0 Å². The average molecular weight is 290 g/mol. The van der Waals surface area contributed by atoms with Gasteiger partial charge in [-0.05, 0) is 43.7 Å². The average Bonchev–Trinajstić information content (AvgIpc) is 2.43. The second kappa shape index (κ2) is 6.17. The second-order valence-electron chi connectivity index (χ2n) is 4.44. The molecule has 0 unspecified atom stereocenters. The van der Waals surface area contributed by atoms with Crippen molar-refractivity contribution in [1.29, 1.82) is 0 Å². The number of halogens is 1. The van der Waals surface area contributed by atoms with Gasteiger partial charge in [-0.1, -0.05) is 0 Å². The maximum Gasteiger partial charge on any atom is 0.311 e. The van der Waals surface area contributed by atoms with Gasteiger partial charge in [-0.15, -0.1) is 0 Å². The van der Waals surface area contributed by atoms with Gasteiger partial charge in [0.15, 0.2) is 0 Å². The van der Waals surface area contributed by atoms with E-state index in [0.29, 0.717) is 23.6 Å². The Morgan fingerprint density at radius 2 is 2.10 bits per heavy atom. The highest BCUT2D eigenvalue weighted by molar-refractivity contribution is 5.68. The van der Waals surface area contributed by atoms with Crippen LogP contribution in [0, 0.1) is 22.9 Å². The monoisotopic (exact) mass is 290 g/mol. The van der Waals surface area contributed by atoms with Crippen molar-refractivity contribution >= 4 is 23.0 Å². The number of aromatic nitrogens is 1. The smallest absolute Gasteiger partial charge is 0.311 e. The van der Waals surface area contributed by atoms with E-state index in [-0.39, 0.29) is 17.3 Å². The summed E-state index contributed by atoms with van der Waals surface area (Å²) in [5.41, 5.74) is 0.849. The molecular formula is C14H15FN4O2. The van der Waals surface area contributed by atoms with Gasteiger partial charge in [-0.25, -0.2) is 9.37 Å². The third-order valence-corrected chi connectivity index (χ3v) is 2.85. The predicted octanol–water partition coefficient (Wildman–Crippen LogP) is 3.61. The van der Waals surface area contributed by atoms with Crippen molar-refractivity contribution in [3.8, 4) is 0 Å². The van der Waals surface area contributed by atoms with E-state index in [4.69, 9.17) is 0 Å². The molecule has 0 aliphatic rings. The van der Waals surface area contributed by atoms with Crippen LogP contribution < -0.4 is 10.6 Å². The molecule has 0 atom stereocenters. The van der Waals surface area contributed by atoms with Crippen molar-refractivity contribution in [2.75, 3.05) is 17.2 Å². The van der Waals surface area contributed by atoms with Gasteiger partial charge in [0.1, 0.15) is 11.6 Å². The lowest BCUT2D eigenvalue weighted by Crippen LogP contribution is -2.04. The van der Waals surface area contributed by atoms with E-state index < -0.39 is 4.92 Å². The molecule has 21 heavy (non-hydrogen) atoms. The predicted molar refractivity (Wildman–Crippen MR) is 79.5 cm³/mol. The fourth-order valence-electron chi connectivity index (χ4n) is 1.83. The van der Waals surface area contributed by atoms with Crippen molar-refractivity contribution in [2.24, 2.45) is 0 Å². The first-order valence-electron chi connectivity index (χ1n) is 6.43. The molecule has 2 N–H and O–H groups in total. The first-order chi connectivity index (χ1) is 10.0. The third kappa shape index (κ3) is 3.44. The van der Waals surface area contributed by atoms with Gasteiger partial charge in [-0.3, -0.25) is 10.1 Å². The number of hydrogen-bond acceptors (Lipinski definition) is 5. The molecule has 0 amide bonds. The minimum absolute atomic E-state index is 0.115. The van der Waals surface area contributed by atoms with E-state index in [9.17, 15) is 14.5 Å². The Morgan fingerprint density at radius 3 is 2.71 bits per heavy atom. The molecule has 0 saturated carbocycles. The molecule has 2 aromatic rings. The number of nitrogens with zero attached hydrogens (tertiary/aromatic N) is 2. The highest BCUT2D eigenvalue weighted by Crippen LogP contribution is 2.27. The van der Waals surface area contributed by atoms with Crippen LogP contribution in [0.15, 0.2) is 30.3 Å². The van der Waals surface area contributed by atoms with Crippen LogP contribution in [0.25, 0.3) is 0 Å². The van der Waals surface area contributed by atoms with Crippen molar-refractivity contribution in [3.05, 3.63) is 51.8 Å². The van der Waals surface area contributed by atoms with Crippen LogP contribution in [-0.2, 0) is 0 Å². The largest absolute Gasteiger partial charge is 0.370 e. The van der Waals surface area contributed by atoms with Crippen LogP contribution in [0.3, 0.4) is 0 Å². The molecule has 0 radical (unpaired) electrons. The first-order valence-corrected chi connectivity index (χ1v) is 6.43. The Morgan fingerprint density at radius 1 is 1.33 bits per heavy atom. The number of benzene rings is 1. The third-order valence-electron chi connectivity index (χ3n) is 2.85. The summed E-state index contributed by atoms with van der Waals surface area (Å²) in [5.74, 6) is 0.318. The van der Waals surface area contributed by atoms with E-state index in [1.165, 1.54) is 18.2 Å². The molecule has 1 aromatic heterocycles. The van der Waals surface area contributed by atoms with Gasteiger partial charge in [0.2, 0.25) is 5.82 Å². The first kappa shape index (κ1) is 14.7. The van der Waals surface area contributed by atoms with Gasteiger partial charge >= 0.3 is 5.69 Å². The van der Waals surface area contributed by atoms with Crippen LogP contribution in [0.4, 0.5) is 27.4 Å². The van der Waals surface area contributed by atoms with Gasteiger partial charge in [-0.2, -0.15) is 0 Å². The topological polar surface area (TPSA) is 80.1 Å². The lowest BCUT2D eigenvalue weighted by molar-refractivity contribution is -0.384. The highest BCUT2D eigenvalue weighted by atomic mass is 19.1. The van der Waals surface area contributed by atoms with Crippen molar-refractivity contribution < 1.29 is 9.31 Å². The van der Waals surface area contributed by atoms with E-state index in [1.54, 1.807) is 19.1 Å². The number of pyridine rings is 1. The molecule has 6 nitrogen and oxygen atoms in total. The van der Waals surface area contributed by atoms with E-state index >= 15 is 0 Å². The van der Waals surface area contributed by atoms with Gasteiger partial charge in [0.05, 0.1) is 4.92 Å². The Balaban J connectivity index is 2.37. The van der Waals surface area contributed by atoms with Crippen molar-refractivity contribution in [3.63, 3.8) is 0 Å². The van der Waals surface area contributed by atoms with Crippen molar-refractivity contribution in [2.45, 2.75) is 13.8 Å². The zero-order valence-electron chi connectivity index (χ0n) is 11.7. The lowest BCUT2D eigenvalue weighted by Gasteiger charge is -2.09. The van der Waals surface area contributed by atoms with Crippen LogP contribution in [0.2, 0.25) is 0 Å². The fourth-order valence-corrected chi connectivity index (χ4v) is 1.83. The van der Waals surface area contributed by atoms with Crippen LogP contribution >= 0.6 is 0 Å². The quantitative estimate of drug-likeness (QED) is 0.649. The number of nitrogens with one attached hydrogen (secondary N) is 2. The summed E-state index contributed by atoms with van der Waals surface area (Å²) >= 11 is 0. The molecule has 0 spiro atoms. The molecule has 1 aromatic carbocycles. The zero-order chi connectivity index (χ0) is 15.4. The number of anilines is 3. The molecule has 0 fully saturated rings. The second-order valence-corrected chi connectivity index (χ2v) is 4.44. The fraction of sp³-hybridized carbons (Fsp3) is 0.214. The molecule has 2 rings (SSSR count). The Hall–Kier alpha value is -2.70. The molecule has 0 aliphatic carbocycles. The van der Waals surface area contributed by atoms with Crippen LogP contribution in [0.1, 0.15) is 12.5 Å². The minimum atomic E-state index is -0.512. The lowest BCUT2D eigenvalue weighted by atomic mass is 10.2. The molecule has 0 bridgehead atoms. The molecule has 0 saturated heterocycles. The molecular weight excluding hydrogens is 275 g/mol. The minimum Gasteiger partial charge on any atom is -0.370 e. The molecule has 1 heterocycles. The highest BCUT2D eigenvalue weighted by Gasteiger charge is 2.16. The van der Waals surface area contributed by atoms with Crippen LogP contribution in [-0.4, -0.2) is 16.5 Å². The van der Waals surface area contributed by atoms with Gasteiger partial charge in [0.25, 0.3) is 0 Å². The number of hydrogen-bond donors (Lipinski definition) is 2. The van der Waals surface area contributed by atoms with E-state index in [2.05, 4.69) is 15.6 Å². The summed E-state index contributed by atoms with van der Waals surface area (Å²) in [5, 5.41) is 16.9.